The number of sulfonamides is 1. The number of carbonyl (C=O) groups is 2. The first-order chi connectivity index (χ1) is 15.9. The molecular formula is C22H25N3O7S. The molecule has 1 amide bonds. The third-order valence-corrected chi connectivity index (χ3v) is 6.50. The van der Waals surface area contributed by atoms with Crippen LogP contribution in [0.3, 0.4) is 0 Å². The number of unbranched alkanes of at least 4 members (excludes halogenated alkanes) is 1. The number of ether oxygens (including phenoxy) is 3. The standard InChI is InChI=1S/C22H25N3O7S/c1-3-30-22(27)32-15-9-8-14-31-20-16-10-4-5-11-17(16)33(28,29)25(2)19(20)21(26)24-18-12-6-7-13-23-18/h4-7,10-13H,3,8-9,14-15H2,1-2H3,(H,23,24,26). The van der Waals surface area contributed by atoms with Crippen molar-refractivity contribution in [3.63, 3.8) is 0 Å². The highest BCUT2D eigenvalue weighted by Gasteiger charge is 2.38. The Hall–Kier alpha value is -3.60. The highest BCUT2D eigenvalue weighted by atomic mass is 32.2. The van der Waals surface area contributed by atoms with E-state index in [2.05, 4.69) is 10.3 Å². The molecule has 176 valence electrons. The largest absolute Gasteiger partial charge is 0.508 e. The number of nitrogens with zero attached hydrogens (tertiary/aromatic N) is 2. The smallest absolute Gasteiger partial charge is 0.490 e. The number of nitrogens with one attached hydrogen (secondary N) is 1. The highest BCUT2D eigenvalue weighted by molar-refractivity contribution is 7.89. The molecule has 11 heteroatoms. The molecule has 0 bridgehead atoms. The summed E-state index contributed by atoms with van der Waals surface area (Å²) in [5.74, 6) is -0.257. The molecular weight excluding hydrogens is 450 g/mol. The Morgan fingerprint density at radius 1 is 1.03 bits per heavy atom. The van der Waals surface area contributed by atoms with Crippen LogP contribution in [0.25, 0.3) is 5.76 Å². The summed E-state index contributed by atoms with van der Waals surface area (Å²) in [6, 6.07) is 11.3. The molecule has 0 fully saturated rings. The van der Waals surface area contributed by atoms with Crippen LogP contribution in [0.4, 0.5) is 10.6 Å². The third-order valence-electron chi connectivity index (χ3n) is 4.69. The van der Waals surface area contributed by atoms with Crippen molar-refractivity contribution in [2.45, 2.75) is 24.7 Å². The lowest BCUT2D eigenvalue weighted by Gasteiger charge is -2.30. The Labute approximate surface area is 192 Å². The molecule has 0 radical (unpaired) electrons. The SMILES string of the molecule is CCOC(=O)OCCCCOC1=C(C(=O)Nc2ccccn2)N(C)S(=O)(=O)c2ccccc21. The maximum Gasteiger partial charge on any atom is 0.508 e. The molecule has 0 atom stereocenters. The van der Waals surface area contributed by atoms with Gasteiger partial charge in [-0.1, -0.05) is 18.2 Å². The Kier molecular flexibility index (Phi) is 7.88. The first kappa shape index (κ1) is 24.1. The molecule has 1 N–H and O–H groups in total. The summed E-state index contributed by atoms with van der Waals surface area (Å²) < 4.78 is 42.5. The number of anilines is 1. The number of amides is 1. The van der Waals surface area contributed by atoms with Gasteiger partial charge in [-0.3, -0.25) is 9.10 Å². The van der Waals surface area contributed by atoms with Crippen molar-refractivity contribution in [1.82, 2.24) is 9.29 Å². The number of fused-ring (bicyclic) bond motifs is 1. The Balaban J connectivity index is 1.82. The Morgan fingerprint density at radius 3 is 2.48 bits per heavy atom. The number of benzene rings is 1. The first-order valence-corrected chi connectivity index (χ1v) is 11.8. The van der Waals surface area contributed by atoms with Crippen molar-refractivity contribution < 1.29 is 32.2 Å². The molecule has 0 saturated heterocycles. The molecule has 0 spiro atoms. The van der Waals surface area contributed by atoms with Gasteiger partial charge in [0.1, 0.15) is 5.82 Å². The van der Waals surface area contributed by atoms with E-state index in [1.165, 1.54) is 19.3 Å². The first-order valence-electron chi connectivity index (χ1n) is 10.3. The van der Waals surface area contributed by atoms with Crippen LogP contribution in [-0.2, 0) is 29.0 Å². The normalized spacial score (nSPS) is 14.3. The number of hydrogen-bond donors (Lipinski definition) is 1. The van der Waals surface area contributed by atoms with Gasteiger partial charge >= 0.3 is 6.16 Å². The number of aromatic nitrogens is 1. The van der Waals surface area contributed by atoms with Gasteiger partial charge in [-0.2, -0.15) is 0 Å². The van der Waals surface area contributed by atoms with Crippen molar-refractivity contribution in [2.24, 2.45) is 0 Å². The zero-order valence-electron chi connectivity index (χ0n) is 18.3. The molecule has 0 aliphatic carbocycles. The predicted octanol–water partition coefficient (Wildman–Crippen LogP) is 2.99. The number of rotatable bonds is 9. The number of hydrogen-bond acceptors (Lipinski definition) is 8. The quantitative estimate of drug-likeness (QED) is 0.434. The summed E-state index contributed by atoms with van der Waals surface area (Å²) >= 11 is 0. The molecule has 1 aromatic heterocycles. The zero-order valence-corrected chi connectivity index (χ0v) is 19.1. The van der Waals surface area contributed by atoms with Crippen LogP contribution in [0.15, 0.2) is 59.3 Å². The average molecular weight is 476 g/mol. The van der Waals surface area contributed by atoms with Crippen molar-refractivity contribution in [3.05, 3.63) is 59.9 Å². The van der Waals surface area contributed by atoms with Gasteiger partial charge < -0.3 is 19.5 Å². The van der Waals surface area contributed by atoms with Gasteiger partial charge in [0.05, 0.1) is 24.7 Å². The van der Waals surface area contributed by atoms with Crippen LogP contribution < -0.4 is 5.32 Å². The average Bonchev–Trinajstić information content (AvgIpc) is 2.80. The van der Waals surface area contributed by atoms with Gasteiger partial charge in [-0.15, -0.1) is 0 Å². The fraction of sp³-hybridized carbons (Fsp3) is 0.318. The summed E-state index contributed by atoms with van der Waals surface area (Å²) in [5.41, 5.74) is 0.145. The van der Waals surface area contributed by atoms with Crippen LogP contribution in [0.2, 0.25) is 0 Å². The minimum atomic E-state index is -3.95. The lowest BCUT2D eigenvalue weighted by molar-refractivity contribution is -0.113. The van der Waals surface area contributed by atoms with E-state index in [-0.39, 0.29) is 42.0 Å². The van der Waals surface area contributed by atoms with Crippen LogP contribution in [0.5, 0.6) is 0 Å². The Morgan fingerprint density at radius 2 is 1.76 bits per heavy atom. The van der Waals surface area contributed by atoms with E-state index in [4.69, 9.17) is 14.2 Å². The summed E-state index contributed by atoms with van der Waals surface area (Å²) in [4.78, 5) is 28.4. The van der Waals surface area contributed by atoms with Crippen LogP contribution in [-0.4, -0.2) is 56.6 Å². The highest BCUT2D eigenvalue weighted by Crippen LogP contribution is 2.37. The second-order valence-electron chi connectivity index (χ2n) is 6.90. The molecule has 0 unspecified atom stereocenters. The molecule has 0 saturated carbocycles. The van der Waals surface area contributed by atoms with E-state index < -0.39 is 22.1 Å². The number of likely N-dealkylation sites (N-methyl/N-ethyl adjacent to an activating group) is 1. The second-order valence-corrected chi connectivity index (χ2v) is 8.84. The van der Waals surface area contributed by atoms with Crippen molar-refractivity contribution in [3.8, 4) is 0 Å². The summed E-state index contributed by atoms with van der Waals surface area (Å²) in [6.07, 6.45) is 1.77. The molecule has 1 aromatic carbocycles. The molecule has 33 heavy (non-hydrogen) atoms. The van der Waals surface area contributed by atoms with Crippen molar-refractivity contribution in [2.75, 3.05) is 32.2 Å². The van der Waals surface area contributed by atoms with Gasteiger partial charge in [-0.25, -0.2) is 18.2 Å². The number of pyridine rings is 1. The zero-order chi connectivity index (χ0) is 23.8. The van der Waals surface area contributed by atoms with Crippen molar-refractivity contribution in [1.29, 1.82) is 0 Å². The van der Waals surface area contributed by atoms with Crippen LogP contribution >= 0.6 is 0 Å². The lowest BCUT2D eigenvalue weighted by atomic mass is 10.1. The lowest BCUT2D eigenvalue weighted by Crippen LogP contribution is -2.37. The van der Waals surface area contributed by atoms with E-state index in [1.807, 2.05) is 0 Å². The molecule has 1 aliphatic rings. The van der Waals surface area contributed by atoms with Gasteiger partial charge in [-0.05, 0) is 44.0 Å². The topological polar surface area (TPSA) is 124 Å². The summed E-state index contributed by atoms with van der Waals surface area (Å²) in [5, 5.41) is 2.61. The van der Waals surface area contributed by atoms with E-state index >= 15 is 0 Å². The van der Waals surface area contributed by atoms with Crippen LogP contribution in [0, 0.1) is 0 Å². The van der Waals surface area contributed by atoms with Gasteiger partial charge in [0.25, 0.3) is 15.9 Å². The second kappa shape index (κ2) is 10.8. The van der Waals surface area contributed by atoms with Crippen LogP contribution in [0.1, 0.15) is 25.3 Å². The predicted molar refractivity (Wildman–Crippen MR) is 119 cm³/mol. The summed E-state index contributed by atoms with van der Waals surface area (Å²) in [6.45, 7) is 2.24. The van der Waals surface area contributed by atoms with E-state index in [9.17, 15) is 18.0 Å². The van der Waals surface area contributed by atoms with E-state index in [0.29, 0.717) is 18.4 Å². The van der Waals surface area contributed by atoms with Gasteiger partial charge in [0.2, 0.25) is 0 Å². The van der Waals surface area contributed by atoms with E-state index in [0.717, 1.165) is 4.31 Å². The Bertz CT molecular complexity index is 1130. The minimum absolute atomic E-state index is 0.0440. The minimum Gasteiger partial charge on any atom is -0.490 e. The molecule has 3 rings (SSSR count). The third kappa shape index (κ3) is 5.61. The number of carbonyl (C=O) groups excluding carboxylic acids is 2. The summed E-state index contributed by atoms with van der Waals surface area (Å²) in [7, 11) is -2.65. The van der Waals surface area contributed by atoms with Gasteiger partial charge in [0.15, 0.2) is 11.5 Å². The molecule has 10 nitrogen and oxygen atoms in total. The molecule has 1 aliphatic heterocycles. The monoisotopic (exact) mass is 475 g/mol. The maximum absolute atomic E-state index is 13.1. The van der Waals surface area contributed by atoms with E-state index in [1.54, 1.807) is 43.3 Å². The molecule has 2 aromatic rings. The van der Waals surface area contributed by atoms with Gasteiger partial charge in [0, 0.05) is 18.8 Å². The molecule has 2 heterocycles. The fourth-order valence-corrected chi connectivity index (χ4v) is 4.51. The maximum atomic E-state index is 13.1. The fourth-order valence-electron chi connectivity index (χ4n) is 3.12. The van der Waals surface area contributed by atoms with Crippen molar-refractivity contribution >= 4 is 33.7 Å².